The second-order valence-corrected chi connectivity index (χ2v) is 5.92. The zero-order chi connectivity index (χ0) is 13.5. The molecule has 2 fully saturated rings. The van der Waals surface area contributed by atoms with E-state index in [1.54, 1.807) is 6.07 Å². The summed E-state index contributed by atoms with van der Waals surface area (Å²) in [4.78, 5) is 0. The molecule has 2 unspecified atom stereocenters. The molecule has 2 nitrogen and oxygen atoms in total. The van der Waals surface area contributed by atoms with Crippen LogP contribution in [-0.2, 0) is 4.74 Å². The van der Waals surface area contributed by atoms with Crippen molar-refractivity contribution in [3.05, 3.63) is 29.6 Å². The summed E-state index contributed by atoms with van der Waals surface area (Å²) in [6.07, 6.45) is 5.22. The number of nitrogens with one attached hydrogen (secondary N) is 1. The Morgan fingerprint density at radius 3 is 2.84 bits per heavy atom. The third-order valence-corrected chi connectivity index (χ3v) is 4.97. The molecule has 1 aromatic carbocycles. The van der Waals surface area contributed by atoms with Gasteiger partial charge in [-0.1, -0.05) is 12.5 Å². The molecule has 3 heteroatoms. The summed E-state index contributed by atoms with van der Waals surface area (Å²) in [5.74, 6) is -0.170. The fraction of sp³-hybridized carbons (Fsp3) is 0.625. The van der Waals surface area contributed by atoms with Crippen molar-refractivity contribution in [2.75, 3.05) is 11.9 Å². The molecular weight excluding hydrogens is 241 g/mol. The molecule has 1 aromatic rings. The van der Waals surface area contributed by atoms with E-state index in [1.165, 1.54) is 25.3 Å². The predicted molar refractivity (Wildman–Crippen MR) is 74.9 cm³/mol. The van der Waals surface area contributed by atoms with Crippen LogP contribution in [-0.4, -0.2) is 18.8 Å². The normalized spacial score (nSPS) is 27.7. The molecule has 1 spiro atoms. The summed E-state index contributed by atoms with van der Waals surface area (Å²) >= 11 is 0. The van der Waals surface area contributed by atoms with Crippen LogP contribution in [0.25, 0.3) is 0 Å². The molecule has 0 heterocycles. The highest BCUT2D eigenvalue weighted by molar-refractivity contribution is 5.52. The second kappa shape index (κ2) is 4.78. The van der Waals surface area contributed by atoms with Gasteiger partial charge in [0.25, 0.3) is 0 Å². The molecule has 2 aliphatic rings. The lowest BCUT2D eigenvalue weighted by molar-refractivity contribution is -0.157. The van der Waals surface area contributed by atoms with Gasteiger partial charge in [0, 0.05) is 23.8 Å². The molecule has 2 saturated carbocycles. The van der Waals surface area contributed by atoms with Gasteiger partial charge in [0.05, 0.1) is 6.10 Å². The Morgan fingerprint density at radius 2 is 2.21 bits per heavy atom. The van der Waals surface area contributed by atoms with Crippen LogP contribution < -0.4 is 5.32 Å². The molecule has 0 aromatic heterocycles. The van der Waals surface area contributed by atoms with Crippen LogP contribution in [0.4, 0.5) is 10.1 Å². The maximum absolute atomic E-state index is 13.3. The molecule has 0 saturated heterocycles. The lowest BCUT2D eigenvalue weighted by Gasteiger charge is -2.61. The molecule has 0 aliphatic heterocycles. The lowest BCUT2D eigenvalue weighted by Crippen LogP contribution is -2.64. The van der Waals surface area contributed by atoms with Crippen LogP contribution in [0.1, 0.15) is 38.2 Å². The van der Waals surface area contributed by atoms with Crippen molar-refractivity contribution in [2.24, 2.45) is 5.41 Å². The highest BCUT2D eigenvalue weighted by atomic mass is 19.1. The fourth-order valence-corrected chi connectivity index (χ4v) is 3.58. The van der Waals surface area contributed by atoms with E-state index in [-0.39, 0.29) is 5.82 Å². The van der Waals surface area contributed by atoms with E-state index in [2.05, 4.69) is 12.2 Å². The summed E-state index contributed by atoms with van der Waals surface area (Å²) in [7, 11) is 0. The minimum Gasteiger partial charge on any atom is -0.381 e. The Morgan fingerprint density at radius 1 is 1.42 bits per heavy atom. The fourth-order valence-electron chi connectivity index (χ4n) is 3.58. The molecular formula is C16H22FNO. The van der Waals surface area contributed by atoms with Gasteiger partial charge in [0.15, 0.2) is 0 Å². The highest BCUT2D eigenvalue weighted by Gasteiger charge is 2.58. The van der Waals surface area contributed by atoms with Gasteiger partial charge in [0.1, 0.15) is 5.82 Å². The van der Waals surface area contributed by atoms with Gasteiger partial charge in [-0.3, -0.25) is 0 Å². The quantitative estimate of drug-likeness (QED) is 0.889. The van der Waals surface area contributed by atoms with Crippen molar-refractivity contribution in [3.63, 3.8) is 0 Å². The zero-order valence-electron chi connectivity index (χ0n) is 11.7. The number of rotatable bonds is 4. The number of halogens is 1. The summed E-state index contributed by atoms with van der Waals surface area (Å²) < 4.78 is 19.2. The van der Waals surface area contributed by atoms with E-state index in [1.807, 2.05) is 13.0 Å². The first-order chi connectivity index (χ1) is 9.15. The van der Waals surface area contributed by atoms with Gasteiger partial charge < -0.3 is 10.1 Å². The molecule has 19 heavy (non-hydrogen) atoms. The number of hydrogen-bond acceptors (Lipinski definition) is 2. The van der Waals surface area contributed by atoms with E-state index < -0.39 is 0 Å². The topological polar surface area (TPSA) is 21.3 Å². The monoisotopic (exact) mass is 263 g/mol. The van der Waals surface area contributed by atoms with E-state index in [0.717, 1.165) is 24.3 Å². The molecule has 3 rings (SSSR count). The van der Waals surface area contributed by atoms with Gasteiger partial charge in [-0.15, -0.1) is 0 Å². The van der Waals surface area contributed by atoms with Crippen LogP contribution in [0.15, 0.2) is 18.2 Å². The summed E-state index contributed by atoms with van der Waals surface area (Å²) in [5.41, 5.74) is 2.36. The SMILES string of the molecule is CCOC1CC(Nc2cc(F)ccc2C)C12CCC2. The number of anilines is 1. The number of ether oxygens (including phenoxy) is 1. The van der Waals surface area contributed by atoms with Crippen molar-refractivity contribution in [3.8, 4) is 0 Å². The van der Waals surface area contributed by atoms with Gasteiger partial charge >= 0.3 is 0 Å². The first-order valence-electron chi connectivity index (χ1n) is 7.30. The van der Waals surface area contributed by atoms with Gasteiger partial charge in [-0.2, -0.15) is 0 Å². The summed E-state index contributed by atoms with van der Waals surface area (Å²) in [6.45, 7) is 4.87. The zero-order valence-corrected chi connectivity index (χ0v) is 11.7. The van der Waals surface area contributed by atoms with Crippen molar-refractivity contribution >= 4 is 5.69 Å². The largest absolute Gasteiger partial charge is 0.381 e. The molecule has 104 valence electrons. The van der Waals surface area contributed by atoms with Crippen LogP contribution in [0, 0.1) is 18.2 Å². The Balaban J connectivity index is 1.72. The Labute approximate surface area is 114 Å². The predicted octanol–water partition coefficient (Wildman–Crippen LogP) is 3.89. The molecule has 1 N–H and O–H groups in total. The first-order valence-corrected chi connectivity index (χ1v) is 7.30. The molecule has 0 amide bonds. The summed E-state index contributed by atoms with van der Waals surface area (Å²) in [6, 6.07) is 5.40. The Kier molecular flexibility index (Phi) is 3.25. The van der Waals surface area contributed by atoms with Crippen molar-refractivity contribution < 1.29 is 9.13 Å². The molecule has 0 radical (unpaired) electrons. The average molecular weight is 263 g/mol. The van der Waals surface area contributed by atoms with Crippen LogP contribution in [0.5, 0.6) is 0 Å². The van der Waals surface area contributed by atoms with Gasteiger partial charge in [-0.25, -0.2) is 4.39 Å². The molecule has 2 aliphatic carbocycles. The Bertz CT molecular complexity index is 470. The lowest BCUT2D eigenvalue weighted by atomic mass is 9.51. The Hall–Kier alpha value is -1.09. The standard InChI is InChI=1S/C16H22FNO/c1-3-19-15-10-14(16(15)7-4-8-16)18-13-9-12(17)6-5-11(13)2/h5-6,9,14-15,18H,3-4,7-8,10H2,1-2H3. The average Bonchev–Trinajstić information content (AvgIpc) is 2.30. The van der Waals surface area contributed by atoms with E-state index >= 15 is 0 Å². The van der Waals surface area contributed by atoms with E-state index in [4.69, 9.17) is 4.74 Å². The number of aryl methyl sites for hydroxylation is 1. The van der Waals surface area contributed by atoms with Gasteiger partial charge in [-0.05, 0) is 50.8 Å². The van der Waals surface area contributed by atoms with E-state index in [9.17, 15) is 4.39 Å². The molecule has 2 atom stereocenters. The smallest absolute Gasteiger partial charge is 0.125 e. The number of benzene rings is 1. The minimum atomic E-state index is -0.170. The van der Waals surface area contributed by atoms with Crippen LogP contribution >= 0.6 is 0 Å². The first kappa shape index (κ1) is 12.9. The molecule has 0 bridgehead atoms. The second-order valence-electron chi connectivity index (χ2n) is 5.92. The number of hydrogen-bond donors (Lipinski definition) is 1. The third-order valence-electron chi connectivity index (χ3n) is 4.97. The third kappa shape index (κ3) is 2.04. The van der Waals surface area contributed by atoms with Crippen LogP contribution in [0.3, 0.4) is 0 Å². The maximum atomic E-state index is 13.3. The van der Waals surface area contributed by atoms with Crippen LogP contribution in [0.2, 0.25) is 0 Å². The van der Waals surface area contributed by atoms with Crippen molar-refractivity contribution in [1.29, 1.82) is 0 Å². The van der Waals surface area contributed by atoms with Gasteiger partial charge in [0.2, 0.25) is 0 Å². The highest BCUT2D eigenvalue weighted by Crippen LogP contribution is 2.58. The minimum absolute atomic E-state index is 0.170. The summed E-state index contributed by atoms with van der Waals surface area (Å²) in [5, 5.41) is 3.55. The van der Waals surface area contributed by atoms with Crippen molar-refractivity contribution in [1.82, 2.24) is 0 Å². The van der Waals surface area contributed by atoms with E-state index in [0.29, 0.717) is 17.6 Å². The van der Waals surface area contributed by atoms with Crippen molar-refractivity contribution in [2.45, 2.75) is 51.7 Å². The maximum Gasteiger partial charge on any atom is 0.125 e.